The van der Waals surface area contributed by atoms with E-state index in [1.54, 1.807) is 30.9 Å². The molecule has 0 aliphatic heterocycles. The summed E-state index contributed by atoms with van der Waals surface area (Å²) < 4.78 is 4.99. The van der Waals surface area contributed by atoms with Crippen LogP contribution < -0.4 is 5.32 Å². The highest BCUT2D eigenvalue weighted by Crippen LogP contribution is 2.16. The van der Waals surface area contributed by atoms with E-state index in [0.717, 1.165) is 0 Å². The van der Waals surface area contributed by atoms with Crippen LogP contribution in [0.4, 0.5) is 11.6 Å². The van der Waals surface area contributed by atoms with Crippen molar-refractivity contribution in [2.75, 3.05) is 18.4 Å². The van der Waals surface area contributed by atoms with Gasteiger partial charge in [0.2, 0.25) is 0 Å². The van der Waals surface area contributed by atoms with Gasteiger partial charge in [-0.1, -0.05) is 5.16 Å². The van der Waals surface area contributed by atoms with E-state index in [9.17, 15) is 4.79 Å². The zero-order valence-corrected chi connectivity index (χ0v) is 12.7. The first kappa shape index (κ1) is 15.0. The molecule has 2 aromatic heterocycles. The second-order valence-corrected chi connectivity index (χ2v) is 4.61. The number of amides is 1. The summed E-state index contributed by atoms with van der Waals surface area (Å²) in [5, 5.41) is 6.85. The van der Waals surface area contributed by atoms with Crippen molar-refractivity contribution in [2.45, 2.75) is 27.7 Å². The zero-order chi connectivity index (χ0) is 15.4. The average molecular weight is 289 g/mol. The number of anilines is 2. The Morgan fingerprint density at radius 3 is 2.48 bits per heavy atom. The third-order valence-corrected chi connectivity index (χ3v) is 2.99. The lowest BCUT2D eigenvalue weighted by Gasteiger charge is -2.18. The molecule has 2 rings (SSSR count). The maximum Gasteiger partial charge on any atom is 0.272 e. The van der Waals surface area contributed by atoms with Crippen molar-refractivity contribution < 1.29 is 9.32 Å². The molecular formula is C14H19N5O2. The van der Waals surface area contributed by atoms with Gasteiger partial charge in [-0.15, -0.1) is 0 Å². The van der Waals surface area contributed by atoms with Crippen molar-refractivity contribution in [1.29, 1.82) is 0 Å². The van der Waals surface area contributed by atoms with Crippen LogP contribution in [0, 0.1) is 13.8 Å². The van der Waals surface area contributed by atoms with Crippen LogP contribution >= 0.6 is 0 Å². The van der Waals surface area contributed by atoms with Crippen molar-refractivity contribution in [2.24, 2.45) is 0 Å². The van der Waals surface area contributed by atoms with E-state index in [4.69, 9.17) is 4.52 Å². The van der Waals surface area contributed by atoms with Gasteiger partial charge in [-0.05, 0) is 27.7 Å². The third-order valence-electron chi connectivity index (χ3n) is 2.99. The first-order valence-electron chi connectivity index (χ1n) is 6.88. The van der Waals surface area contributed by atoms with Crippen LogP contribution in [0.15, 0.2) is 16.7 Å². The Hall–Kier alpha value is -2.44. The smallest absolute Gasteiger partial charge is 0.272 e. The number of nitrogens with zero attached hydrogens (tertiary/aromatic N) is 4. The fourth-order valence-corrected chi connectivity index (χ4v) is 1.97. The summed E-state index contributed by atoms with van der Waals surface area (Å²) in [6.45, 7) is 8.71. The normalized spacial score (nSPS) is 10.5. The van der Waals surface area contributed by atoms with E-state index in [1.807, 2.05) is 13.8 Å². The number of nitrogens with one attached hydrogen (secondary N) is 1. The van der Waals surface area contributed by atoms with E-state index in [-0.39, 0.29) is 5.91 Å². The van der Waals surface area contributed by atoms with E-state index >= 15 is 0 Å². The van der Waals surface area contributed by atoms with Crippen molar-refractivity contribution >= 4 is 17.5 Å². The predicted molar refractivity (Wildman–Crippen MR) is 78.5 cm³/mol. The molecule has 0 aromatic carbocycles. The third kappa shape index (κ3) is 3.56. The van der Waals surface area contributed by atoms with E-state index in [1.165, 1.54) is 0 Å². The van der Waals surface area contributed by atoms with Gasteiger partial charge >= 0.3 is 0 Å². The number of carbonyl (C=O) groups excluding carboxylic acids is 1. The molecule has 0 atom stereocenters. The van der Waals surface area contributed by atoms with Gasteiger partial charge in [-0.3, -0.25) is 4.79 Å². The molecule has 21 heavy (non-hydrogen) atoms. The molecule has 7 heteroatoms. The fraction of sp³-hybridized carbons (Fsp3) is 0.429. The van der Waals surface area contributed by atoms with E-state index in [2.05, 4.69) is 20.4 Å². The van der Waals surface area contributed by atoms with Gasteiger partial charge in [-0.2, -0.15) is 0 Å². The molecule has 2 aromatic rings. The highest BCUT2D eigenvalue weighted by atomic mass is 16.5. The van der Waals surface area contributed by atoms with Crippen LogP contribution in [0.5, 0.6) is 0 Å². The van der Waals surface area contributed by atoms with Crippen LogP contribution in [-0.2, 0) is 0 Å². The molecule has 0 unspecified atom stereocenters. The number of hydrogen-bond donors (Lipinski definition) is 1. The second kappa shape index (κ2) is 6.34. The minimum Gasteiger partial charge on any atom is -0.360 e. The monoisotopic (exact) mass is 289 g/mol. The lowest BCUT2D eigenvalue weighted by Crippen LogP contribution is -2.31. The maximum atomic E-state index is 12.3. The Morgan fingerprint density at radius 1 is 1.19 bits per heavy atom. The molecule has 0 bridgehead atoms. The summed E-state index contributed by atoms with van der Waals surface area (Å²) in [6, 6.07) is 3.38. The molecule has 1 N–H and O–H groups in total. The van der Waals surface area contributed by atoms with Crippen LogP contribution in [-0.4, -0.2) is 39.0 Å². The Morgan fingerprint density at radius 2 is 1.90 bits per heavy atom. The van der Waals surface area contributed by atoms with Crippen LogP contribution in [0.1, 0.15) is 35.9 Å². The van der Waals surface area contributed by atoms with Crippen molar-refractivity contribution in [1.82, 2.24) is 20.0 Å². The van der Waals surface area contributed by atoms with Crippen LogP contribution in [0.2, 0.25) is 0 Å². The van der Waals surface area contributed by atoms with Crippen molar-refractivity contribution in [3.63, 3.8) is 0 Å². The zero-order valence-electron chi connectivity index (χ0n) is 12.7. The minimum atomic E-state index is -0.107. The van der Waals surface area contributed by atoms with Crippen LogP contribution in [0.25, 0.3) is 0 Å². The molecule has 0 aliphatic rings. The summed E-state index contributed by atoms with van der Waals surface area (Å²) in [5.74, 6) is 2.18. The lowest BCUT2D eigenvalue weighted by atomic mass is 10.3. The summed E-state index contributed by atoms with van der Waals surface area (Å²) in [4.78, 5) is 22.5. The lowest BCUT2D eigenvalue weighted by molar-refractivity contribution is 0.0766. The Labute approximate surface area is 123 Å². The molecule has 112 valence electrons. The van der Waals surface area contributed by atoms with Gasteiger partial charge < -0.3 is 14.7 Å². The summed E-state index contributed by atoms with van der Waals surface area (Å²) in [5.41, 5.74) is 0.369. The Kier molecular flexibility index (Phi) is 4.52. The quantitative estimate of drug-likeness (QED) is 0.909. The molecule has 0 fully saturated rings. The first-order chi connectivity index (χ1) is 10.0. The first-order valence-corrected chi connectivity index (χ1v) is 6.88. The highest BCUT2D eigenvalue weighted by Gasteiger charge is 2.16. The second-order valence-electron chi connectivity index (χ2n) is 4.61. The fourth-order valence-electron chi connectivity index (χ4n) is 1.97. The number of carbonyl (C=O) groups is 1. The topological polar surface area (TPSA) is 84.2 Å². The standard InChI is InChI=1S/C14H19N5O2/c1-5-19(6-2)14(20)11-8-12(16-10(4)15-11)17-13-7-9(3)21-18-13/h7-8H,5-6H2,1-4H3,(H,15,16,17,18). The Bertz CT molecular complexity index is 634. The van der Waals surface area contributed by atoms with E-state index in [0.29, 0.717) is 42.0 Å². The highest BCUT2D eigenvalue weighted by molar-refractivity contribution is 5.93. The van der Waals surface area contributed by atoms with E-state index < -0.39 is 0 Å². The number of aryl methyl sites for hydroxylation is 2. The van der Waals surface area contributed by atoms with Crippen LogP contribution in [0.3, 0.4) is 0 Å². The summed E-state index contributed by atoms with van der Waals surface area (Å²) in [7, 11) is 0. The van der Waals surface area contributed by atoms with Crippen molar-refractivity contribution in [3.05, 3.63) is 29.4 Å². The molecule has 2 heterocycles. The van der Waals surface area contributed by atoms with Gasteiger partial charge in [0.25, 0.3) is 5.91 Å². The maximum absolute atomic E-state index is 12.3. The number of rotatable bonds is 5. The van der Waals surface area contributed by atoms with Gasteiger partial charge in [0.05, 0.1) is 0 Å². The number of aromatic nitrogens is 3. The molecule has 0 saturated heterocycles. The molecular weight excluding hydrogens is 270 g/mol. The Balaban J connectivity index is 2.26. The summed E-state index contributed by atoms with van der Waals surface area (Å²) in [6.07, 6.45) is 0. The largest absolute Gasteiger partial charge is 0.360 e. The average Bonchev–Trinajstić information content (AvgIpc) is 2.84. The number of hydrogen-bond acceptors (Lipinski definition) is 6. The van der Waals surface area contributed by atoms with Gasteiger partial charge in [0.15, 0.2) is 5.82 Å². The van der Waals surface area contributed by atoms with Gasteiger partial charge in [0, 0.05) is 25.2 Å². The van der Waals surface area contributed by atoms with Crippen molar-refractivity contribution in [3.8, 4) is 0 Å². The molecule has 1 amide bonds. The molecule has 7 nitrogen and oxygen atoms in total. The summed E-state index contributed by atoms with van der Waals surface area (Å²) >= 11 is 0. The molecule has 0 aliphatic carbocycles. The molecule has 0 saturated carbocycles. The predicted octanol–water partition coefficient (Wildman–Crippen LogP) is 2.31. The minimum absolute atomic E-state index is 0.107. The molecule has 0 spiro atoms. The van der Waals surface area contributed by atoms with Gasteiger partial charge in [-0.25, -0.2) is 9.97 Å². The SMILES string of the molecule is CCN(CC)C(=O)c1cc(Nc2cc(C)on2)nc(C)n1. The molecule has 0 radical (unpaired) electrons. The van der Waals surface area contributed by atoms with Gasteiger partial charge in [0.1, 0.15) is 23.1 Å².